The van der Waals surface area contributed by atoms with Crippen LogP contribution in [-0.2, 0) is 17.8 Å². The van der Waals surface area contributed by atoms with Gasteiger partial charge in [0, 0.05) is 23.3 Å². The van der Waals surface area contributed by atoms with Gasteiger partial charge in [-0.1, -0.05) is 18.2 Å². The van der Waals surface area contributed by atoms with Crippen molar-refractivity contribution >= 4 is 27.5 Å². The van der Waals surface area contributed by atoms with Crippen LogP contribution in [0.2, 0.25) is 0 Å². The first-order valence-corrected chi connectivity index (χ1v) is 8.14. The first kappa shape index (κ1) is 14.3. The third-order valence-corrected chi connectivity index (χ3v) is 4.32. The quantitative estimate of drug-likeness (QED) is 0.769. The van der Waals surface area contributed by atoms with Crippen LogP contribution in [0.5, 0.6) is 5.75 Å². The van der Waals surface area contributed by atoms with Gasteiger partial charge in [-0.2, -0.15) is 0 Å². The number of hydrogen-bond donors (Lipinski definition) is 1. The molecular weight excluding hydrogens is 358 g/mol. The third kappa shape index (κ3) is 2.82. The summed E-state index contributed by atoms with van der Waals surface area (Å²) in [6.07, 6.45) is 3.99. The van der Waals surface area contributed by atoms with Crippen LogP contribution in [0.3, 0.4) is 0 Å². The van der Waals surface area contributed by atoms with E-state index in [1.165, 1.54) is 0 Å². The van der Waals surface area contributed by atoms with Crippen LogP contribution in [-0.4, -0.2) is 21.4 Å². The van der Waals surface area contributed by atoms with Crippen LogP contribution in [0.4, 0.5) is 0 Å². The van der Waals surface area contributed by atoms with Crippen molar-refractivity contribution in [3.63, 3.8) is 0 Å². The van der Waals surface area contributed by atoms with Gasteiger partial charge in [0.05, 0.1) is 12.2 Å². The van der Waals surface area contributed by atoms with E-state index in [0.29, 0.717) is 13.0 Å². The second kappa shape index (κ2) is 5.70. The molecule has 1 amide bonds. The first-order valence-electron chi connectivity index (χ1n) is 7.34. The number of carbonyl (C=O) groups is 1. The van der Waals surface area contributed by atoms with Crippen molar-refractivity contribution in [1.29, 1.82) is 0 Å². The molecule has 1 unspecified atom stereocenters. The Morgan fingerprint density at radius 1 is 1.30 bits per heavy atom. The normalized spacial score (nSPS) is 16.1. The molecule has 0 radical (unpaired) electrons. The maximum atomic E-state index is 12.3. The van der Waals surface area contributed by atoms with Crippen molar-refractivity contribution in [2.24, 2.45) is 0 Å². The standard InChI is InChI=1S/C17H14BrN3O2/c18-12-5-6-16-20-13(10-21(16)9-12)8-19-17(22)15-7-11-3-1-2-4-14(11)23-15/h1-6,9-10,15H,7-8H2,(H,19,22). The van der Waals surface area contributed by atoms with E-state index >= 15 is 0 Å². The molecule has 1 N–H and O–H groups in total. The van der Waals surface area contributed by atoms with Crippen molar-refractivity contribution in [2.45, 2.75) is 19.1 Å². The summed E-state index contributed by atoms with van der Waals surface area (Å²) < 4.78 is 8.59. The van der Waals surface area contributed by atoms with E-state index < -0.39 is 6.10 Å². The molecule has 0 fully saturated rings. The van der Waals surface area contributed by atoms with Gasteiger partial charge in [0.15, 0.2) is 6.10 Å². The number of imidazole rings is 1. The van der Waals surface area contributed by atoms with Crippen LogP contribution in [0, 0.1) is 0 Å². The van der Waals surface area contributed by atoms with Crippen LogP contribution >= 0.6 is 15.9 Å². The van der Waals surface area contributed by atoms with Crippen LogP contribution in [0.15, 0.2) is 53.3 Å². The minimum atomic E-state index is -0.460. The highest BCUT2D eigenvalue weighted by molar-refractivity contribution is 9.10. The fourth-order valence-electron chi connectivity index (χ4n) is 2.72. The van der Waals surface area contributed by atoms with Gasteiger partial charge >= 0.3 is 0 Å². The zero-order valence-corrected chi connectivity index (χ0v) is 13.8. The summed E-state index contributed by atoms with van der Waals surface area (Å²) in [5.41, 5.74) is 2.74. The largest absolute Gasteiger partial charge is 0.480 e. The number of benzene rings is 1. The van der Waals surface area contributed by atoms with Crippen molar-refractivity contribution in [3.8, 4) is 5.75 Å². The molecule has 1 aromatic carbocycles. The zero-order valence-electron chi connectivity index (χ0n) is 12.2. The molecule has 6 heteroatoms. The third-order valence-electron chi connectivity index (χ3n) is 3.85. The summed E-state index contributed by atoms with van der Waals surface area (Å²) in [7, 11) is 0. The molecular formula is C17H14BrN3O2. The maximum Gasteiger partial charge on any atom is 0.261 e. The molecule has 0 saturated heterocycles. The second-order valence-electron chi connectivity index (χ2n) is 5.48. The number of hydrogen-bond acceptors (Lipinski definition) is 3. The molecule has 23 heavy (non-hydrogen) atoms. The average Bonchev–Trinajstić information content (AvgIpc) is 3.15. The molecule has 0 spiro atoms. The van der Waals surface area contributed by atoms with Crippen molar-refractivity contribution in [2.75, 3.05) is 0 Å². The SMILES string of the molecule is O=C(NCc1cn2cc(Br)ccc2n1)C1Cc2ccccc2O1. The number of aromatic nitrogens is 2. The smallest absolute Gasteiger partial charge is 0.261 e. The molecule has 2 aromatic heterocycles. The molecule has 3 aromatic rings. The van der Waals surface area contributed by atoms with Crippen molar-refractivity contribution in [3.05, 3.63) is 64.5 Å². The van der Waals surface area contributed by atoms with Crippen molar-refractivity contribution in [1.82, 2.24) is 14.7 Å². The van der Waals surface area contributed by atoms with Gasteiger partial charge in [0.1, 0.15) is 11.4 Å². The first-order chi connectivity index (χ1) is 11.2. The number of ether oxygens (including phenoxy) is 1. The predicted molar refractivity (Wildman–Crippen MR) is 89.3 cm³/mol. The highest BCUT2D eigenvalue weighted by Gasteiger charge is 2.28. The summed E-state index contributed by atoms with van der Waals surface area (Å²) in [5.74, 6) is 0.685. The van der Waals surface area contributed by atoms with E-state index in [1.807, 2.05) is 53.2 Å². The summed E-state index contributed by atoms with van der Waals surface area (Å²) in [4.78, 5) is 16.8. The summed E-state index contributed by atoms with van der Waals surface area (Å²) in [5, 5.41) is 2.90. The number of halogens is 1. The number of nitrogens with one attached hydrogen (secondary N) is 1. The molecule has 5 nitrogen and oxygen atoms in total. The van der Waals surface area contributed by atoms with E-state index in [-0.39, 0.29) is 5.91 Å². The molecule has 0 aliphatic carbocycles. The number of amides is 1. The minimum absolute atomic E-state index is 0.112. The Bertz CT molecular complexity index is 865. The van der Waals surface area contributed by atoms with Crippen LogP contribution in [0.1, 0.15) is 11.3 Å². The fraction of sp³-hybridized carbons (Fsp3) is 0.176. The Labute approximate surface area is 141 Å². The molecule has 4 rings (SSSR count). The lowest BCUT2D eigenvalue weighted by Gasteiger charge is -2.10. The van der Waals surface area contributed by atoms with Crippen LogP contribution < -0.4 is 10.1 Å². The number of fused-ring (bicyclic) bond motifs is 2. The molecule has 1 aliphatic rings. The number of nitrogens with zero attached hydrogens (tertiary/aromatic N) is 2. The molecule has 0 saturated carbocycles. The number of rotatable bonds is 3. The van der Waals surface area contributed by atoms with Gasteiger partial charge in [-0.15, -0.1) is 0 Å². The lowest BCUT2D eigenvalue weighted by Crippen LogP contribution is -2.37. The van der Waals surface area contributed by atoms with E-state index in [9.17, 15) is 4.79 Å². The second-order valence-corrected chi connectivity index (χ2v) is 6.40. The Kier molecular flexibility index (Phi) is 3.53. The number of carbonyl (C=O) groups excluding carboxylic acids is 1. The topological polar surface area (TPSA) is 55.6 Å². The Morgan fingerprint density at radius 2 is 2.17 bits per heavy atom. The Balaban J connectivity index is 1.41. The van der Waals surface area contributed by atoms with Crippen LogP contribution in [0.25, 0.3) is 5.65 Å². The Hall–Kier alpha value is -2.34. The van der Waals surface area contributed by atoms with Gasteiger partial charge in [0.25, 0.3) is 5.91 Å². The highest BCUT2D eigenvalue weighted by Crippen LogP contribution is 2.28. The monoisotopic (exact) mass is 371 g/mol. The molecule has 1 aliphatic heterocycles. The lowest BCUT2D eigenvalue weighted by molar-refractivity contribution is -0.127. The minimum Gasteiger partial charge on any atom is -0.480 e. The van der Waals surface area contributed by atoms with Gasteiger partial charge in [-0.3, -0.25) is 4.79 Å². The van der Waals surface area contributed by atoms with E-state index in [1.54, 1.807) is 0 Å². The van der Waals surface area contributed by atoms with Crippen molar-refractivity contribution < 1.29 is 9.53 Å². The maximum absolute atomic E-state index is 12.3. The molecule has 3 heterocycles. The lowest BCUT2D eigenvalue weighted by atomic mass is 10.1. The summed E-state index contributed by atoms with van der Waals surface area (Å²) in [6.45, 7) is 0.383. The number of para-hydroxylation sites is 1. The molecule has 0 bridgehead atoms. The summed E-state index contributed by atoms with van der Waals surface area (Å²) in [6, 6.07) is 11.6. The zero-order chi connectivity index (χ0) is 15.8. The average molecular weight is 372 g/mol. The fourth-order valence-corrected chi connectivity index (χ4v) is 3.07. The molecule has 116 valence electrons. The van der Waals surface area contributed by atoms with E-state index in [2.05, 4.69) is 26.2 Å². The molecule has 1 atom stereocenters. The van der Waals surface area contributed by atoms with Gasteiger partial charge < -0.3 is 14.5 Å². The van der Waals surface area contributed by atoms with E-state index in [0.717, 1.165) is 27.1 Å². The van der Waals surface area contributed by atoms with E-state index in [4.69, 9.17) is 4.74 Å². The summed E-state index contributed by atoms with van der Waals surface area (Å²) >= 11 is 3.43. The number of pyridine rings is 1. The van der Waals surface area contributed by atoms with Gasteiger partial charge in [0.2, 0.25) is 0 Å². The predicted octanol–water partition coefficient (Wildman–Crippen LogP) is 2.72. The highest BCUT2D eigenvalue weighted by atomic mass is 79.9. The van der Waals surface area contributed by atoms with Gasteiger partial charge in [-0.25, -0.2) is 4.98 Å². The van der Waals surface area contributed by atoms with Gasteiger partial charge in [-0.05, 0) is 39.7 Å². The Morgan fingerprint density at radius 3 is 3.04 bits per heavy atom.